The van der Waals surface area contributed by atoms with Gasteiger partial charge < -0.3 is 10.1 Å². The third-order valence-electron chi connectivity index (χ3n) is 4.09. The summed E-state index contributed by atoms with van der Waals surface area (Å²) in [7, 11) is 1.88. The molecule has 0 saturated heterocycles. The molecule has 0 bridgehead atoms. The van der Waals surface area contributed by atoms with Gasteiger partial charge in [0.2, 0.25) is 0 Å². The van der Waals surface area contributed by atoms with Crippen molar-refractivity contribution in [2.45, 2.75) is 77.4 Å². The highest BCUT2D eigenvalue weighted by atomic mass is 16.5. The Labute approximate surface area is 108 Å². The third-order valence-corrected chi connectivity index (χ3v) is 4.09. The molecule has 0 aromatic rings. The smallest absolute Gasteiger partial charge is 0.0802 e. The van der Waals surface area contributed by atoms with Crippen molar-refractivity contribution in [1.82, 2.24) is 5.32 Å². The topological polar surface area (TPSA) is 21.3 Å². The minimum Gasteiger partial charge on any atom is -0.377 e. The van der Waals surface area contributed by atoms with Crippen molar-refractivity contribution in [3.63, 3.8) is 0 Å². The summed E-state index contributed by atoms with van der Waals surface area (Å²) in [5.74, 6) is 0.943. The van der Waals surface area contributed by atoms with E-state index >= 15 is 0 Å². The normalized spacial score (nSPS) is 30.5. The summed E-state index contributed by atoms with van der Waals surface area (Å²) in [6.45, 7) is 9.95. The van der Waals surface area contributed by atoms with Crippen LogP contribution in [0.15, 0.2) is 0 Å². The molecule has 1 aliphatic rings. The molecule has 102 valence electrons. The van der Waals surface area contributed by atoms with Crippen molar-refractivity contribution in [2.24, 2.45) is 5.92 Å². The fourth-order valence-electron chi connectivity index (χ4n) is 2.78. The van der Waals surface area contributed by atoms with Crippen LogP contribution < -0.4 is 5.32 Å². The SMILES string of the molecule is CCCC1CCC(CNC(C)(C)C)(OC)CC1. The summed E-state index contributed by atoms with van der Waals surface area (Å²) >= 11 is 0. The minimum absolute atomic E-state index is 0.0948. The lowest BCUT2D eigenvalue weighted by molar-refractivity contribution is -0.0513. The van der Waals surface area contributed by atoms with Crippen LogP contribution in [0, 0.1) is 5.92 Å². The van der Waals surface area contributed by atoms with Gasteiger partial charge in [-0.2, -0.15) is 0 Å². The van der Waals surface area contributed by atoms with Gasteiger partial charge in [-0.1, -0.05) is 19.8 Å². The molecule has 1 saturated carbocycles. The zero-order valence-corrected chi connectivity index (χ0v) is 12.4. The van der Waals surface area contributed by atoms with E-state index in [1.165, 1.54) is 38.5 Å². The van der Waals surface area contributed by atoms with E-state index in [1.54, 1.807) is 0 Å². The lowest BCUT2D eigenvalue weighted by Crippen LogP contribution is -2.50. The second-order valence-electron chi connectivity index (χ2n) is 6.72. The molecule has 2 nitrogen and oxygen atoms in total. The van der Waals surface area contributed by atoms with Crippen molar-refractivity contribution in [1.29, 1.82) is 0 Å². The second-order valence-corrected chi connectivity index (χ2v) is 6.72. The van der Waals surface area contributed by atoms with Crippen LogP contribution >= 0.6 is 0 Å². The van der Waals surface area contributed by atoms with E-state index < -0.39 is 0 Å². The fraction of sp³-hybridized carbons (Fsp3) is 1.00. The highest BCUT2D eigenvalue weighted by Gasteiger charge is 2.35. The van der Waals surface area contributed by atoms with Gasteiger partial charge in [0.1, 0.15) is 0 Å². The molecule has 0 spiro atoms. The summed E-state index contributed by atoms with van der Waals surface area (Å²) in [5.41, 5.74) is 0.281. The minimum atomic E-state index is 0.0948. The first-order chi connectivity index (χ1) is 7.91. The van der Waals surface area contributed by atoms with Crippen molar-refractivity contribution >= 4 is 0 Å². The number of hydrogen-bond donors (Lipinski definition) is 1. The molecular formula is C15H31NO. The van der Waals surface area contributed by atoms with Gasteiger partial charge in [0.15, 0.2) is 0 Å². The summed E-state index contributed by atoms with van der Waals surface area (Å²) in [4.78, 5) is 0. The molecule has 1 rings (SSSR count). The van der Waals surface area contributed by atoms with Crippen LogP contribution in [-0.2, 0) is 4.74 Å². The third kappa shape index (κ3) is 4.97. The zero-order valence-electron chi connectivity index (χ0n) is 12.4. The zero-order chi connectivity index (χ0) is 12.9. The Balaban J connectivity index is 2.43. The molecule has 0 heterocycles. The second kappa shape index (κ2) is 6.19. The average molecular weight is 241 g/mol. The van der Waals surface area contributed by atoms with E-state index in [4.69, 9.17) is 4.74 Å². The Hall–Kier alpha value is -0.0800. The maximum atomic E-state index is 5.84. The van der Waals surface area contributed by atoms with Gasteiger partial charge in [0, 0.05) is 19.2 Å². The Morgan fingerprint density at radius 3 is 2.24 bits per heavy atom. The van der Waals surface area contributed by atoms with Crippen molar-refractivity contribution in [2.75, 3.05) is 13.7 Å². The van der Waals surface area contributed by atoms with Crippen molar-refractivity contribution in [3.8, 4) is 0 Å². The molecule has 0 aromatic heterocycles. The molecule has 0 atom stereocenters. The van der Waals surface area contributed by atoms with Crippen LogP contribution in [0.3, 0.4) is 0 Å². The van der Waals surface area contributed by atoms with Crippen LogP contribution in [-0.4, -0.2) is 24.8 Å². The van der Waals surface area contributed by atoms with Gasteiger partial charge in [0.05, 0.1) is 5.60 Å². The van der Waals surface area contributed by atoms with Crippen LogP contribution in [0.5, 0.6) is 0 Å². The van der Waals surface area contributed by atoms with E-state index in [2.05, 4.69) is 33.0 Å². The Bertz CT molecular complexity index is 211. The summed E-state index contributed by atoms with van der Waals surface area (Å²) in [6, 6.07) is 0. The summed E-state index contributed by atoms with van der Waals surface area (Å²) in [6.07, 6.45) is 7.84. The first-order valence-corrected chi connectivity index (χ1v) is 7.21. The van der Waals surface area contributed by atoms with Crippen LogP contribution in [0.25, 0.3) is 0 Å². The predicted molar refractivity (Wildman–Crippen MR) is 74.4 cm³/mol. The van der Waals surface area contributed by atoms with E-state index in [1.807, 2.05) is 7.11 Å². The largest absolute Gasteiger partial charge is 0.377 e. The molecule has 1 N–H and O–H groups in total. The Morgan fingerprint density at radius 2 is 1.82 bits per heavy atom. The van der Waals surface area contributed by atoms with Crippen LogP contribution in [0.2, 0.25) is 0 Å². The van der Waals surface area contributed by atoms with Gasteiger partial charge >= 0.3 is 0 Å². The number of ether oxygens (including phenoxy) is 1. The maximum absolute atomic E-state index is 5.84. The molecule has 0 unspecified atom stereocenters. The van der Waals surface area contributed by atoms with Gasteiger partial charge in [0.25, 0.3) is 0 Å². The van der Waals surface area contributed by atoms with Gasteiger partial charge in [-0.05, 0) is 52.4 Å². The highest BCUT2D eigenvalue weighted by molar-refractivity contribution is 4.90. The number of rotatable bonds is 5. The summed E-state index contributed by atoms with van der Waals surface area (Å²) in [5, 5.41) is 3.61. The molecule has 1 aliphatic carbocycles. The lowest BCUT2D eigenvalue weighted by atomic mass is 9.77. The van der Waals surface area contributed by atoms with E-state index in [0.717, 1.165) is 12.5 Å². The average Bonchev–Trinajstić information content (AvgIpc) is 2.28. The Morgan fingerprint density at radius 1 is 1.24 bits per heavy atom. The molecule has 0 aliphatic heterocycles. The number of nitrogens with one attached hydrogen (secondary N) is 1. The Kier molecular flexibility index (Phi) is 5.46. The number of hydrogen-bond acceptors (Lipinski definition) is 2. The lowest BCUT2D eigenvalue weighted by Gasteiger charge is -2.41. The molecule has 0 radical (unpaired) electrons. The maximum Gasteiger partial charge on any atom is 0.0802 e. The fourth-order valence-corrected chi connectivity index (χ4v) is 2.78. The molecule has 0 aromatic carbocycles. The van der Waals surface area contributed by atoms with Crippen molar-refractivity contribution < 1.29 is 4.74 Å². The van der Waals surface area contributed by atoms with Crippen LogP contribution in [0.4, 0.5) is 0 Å². The predicted octanol–water partition coefficient (Wildman–Crippen LogP) is 3.75. The molecular weight excluding hydrogens is 210 g/mol. The number of methoxy groups -OCH3 is 1. The van der Waals surface area contributed by atoms with Crippen molar-refractivity contribution in [3.05, 3.63) is 0 Å². The highest BCUT2D eigenvalue weighted by Crippen LogP contribution is 2.36. The monoisotopic (exact) mass is 241 g/mol. The van der Waals surface area contributed by atoms with Crippen LogP contribution in [0.1, 0.15) is 66.2 Å². The summed E-state index contributed by atoms with van der Waals surface area (Å²) < 4.78 is 5.84. The molecule has 1 fully saturated rings. The quantitative estimate of drug-likeness (QED) is 0.791. The van der Waals surface area contributed by atoms with E-state index in [-0.39, 0.29) is 11.1 Å². The first-order valence-electron chi connectivity index (χ1n) is 7.21. The first kappa shape index (κ1) is 15.0. The molecule has 2 heteroatoms. The van der Waals surface area contributed by atoms with E-state index in [0.29, 0.717) is 0 Å². The standard InChI is InChI=1S/C15H31NO/c1-6-7-13-8-10-15(17-5,11-9-13)12-16-14(2,3)4/h13,16H,6-12H2,1-5H3. The van der Waals surface area contributed by atoms with E-state index in [9.17, 15) is 0 Å². The molecule has 17 heavy (non-hydrogen) atoms. The van der Waals surface area contributed by atoms with Gasteiger partial charge in [-0.3, -0.25) is 0 Å². The molecule has 0 amide bonds. The van der Waals surface area contributed by atoms with Gasteiger partial charge in [-0.15, -0.1) is 0 Å². The van der Waals surface area contributed by atoms with Gasteiger partial charge in [-0.25, -0.2) is 0 Å².